The molecule has 1 unspecified atom stereocenters. The van der Waals surface area contributed by atoms with Gasteiger partial charge in [0.15, 0.2) is 0 Å². The normalized spacial score (nSPS) is 16.2. The van der Waals surface area contributed by atoms with Crippen LogP contribution < -0.4 is 15.0 Å². The van der Waals surface area contributed by atoms with Gasteiger partial charge in [-0.1, -0.05) is 18.2 Å². The summed E-state index contributed by atoms with van der Waals surface area (Å²) in [5.74, 6) is -0.279. The molecule has 1 heterocycles. The third kappa shape index (κ3) is 5.15. The van der Waals surface area contributed by atoms with Gasteiger partial charge in [0.05, 0.1) is 6.61 Å². The average molecular weight is 396 g/mol. The Bertz CT molecular complexity index is 881. The van der Waals surface area contributed by atoms with E-state index in [4.69, 9.17) is 9.47 Å². The number of nitrogens with zero attached hydrogens (tertiary/aromatic N) is 1. The molecule has 0 aromatic heterocycles. The molecule has 1 aliphatic rings. The van der Waals surface area contributed by atoms with Crippen LogP contribution in [0.3, 0.4) is 0 Å². The average Bonchev–Trinajstić information content (AvgIpc) is 3.10. The van der Waals surface area contributed by atoms with Gasteiger partial charge in [-0.25, -0.2) is 0 Å². The lowest BCUT2D eigenvalue weighted by atomic mass is 10.1. The van der Waals surface area contributed by atoms with E-state index >= 15 is 0 Å². The molecule has 3 rings (SSSR count). The summed E-state index contributed by atoms with van der Waals surface area (Å²) in [4.78, 5) is 27.1. The molecule has 1 fully saturated rings. The van der Waals surface area contributed by atoms with Gasteiger partial charge < -0.3 is 19.7 Å². The molecule has 2 aromatic rings. The molecule has 1 saturated heterocycles. The van der Waals surface area contributed by atoms with Gasteiger partial charge in [0.1, 0.15) is 18.3 Å². The quantitative estimate of drug-likeness (QED) is 0.550. The Hall–Kier alpha value is -2.86. The van der Waals surface area contributed by atoms with Crippen LogP contribution in [0.4, 0.5) is 5.69 Å². The molecule has 1 N–H and O–H groups in total. The van der Waals surface area contributed by atoms with Crippen LogP contribution in [0.5, 0.6) is 5.75 Å². The molecule has 2 amide bonds. The number of carbonyl (C=O) groups is 2. The van der Waals surface area contributed by atoms with Crippen LogP contribution in [0.15, 0.2) is 42.5 Å². The third-order valence-electron chi connectivity index (χ3n) is 5.25. The molecule has 29 heavy (non-hydrogen) atoms. The van der Waals surface area contributed by atoms with Gasteiger partial charge >= 0.3 is 0 Å². The molecule has 2 aromatic carbocycles. The van der Waals surface area contributed by atoms with Crippen LogP contribution in [0.25, 0.3) is 0 Å². The number of methoxy groups -OCH3 is 1. The van der Waals surface area contributed by atoms with Crippen molar-refractivity contribution < 1.29 is 19.1 Å². The van der Waals surface area contributed by atoms with Crippen molar-refractivity contribution in [2.45, 2.75) is 26.8 Å². The lowest BCUT2D eigenvalue weighted by Gasteiger charge is -2.18. The van der Waals surface area contributed by atoms with Crippen LogP contribution in [0, 0.1) is 19.8 Å². The lowest BCUT2D eigenvalue weighted by molar-refractivity contribution is -0.132. The topological polar surface area (TPSA) is 67.9 Å². The van der Waals surface area contributed by atoms with E-state index in [-0.39, 0.29) is 11.8 Å². The minimum atomic E-state index is -0.641. The number of aryl methyl sites for hydroxylation is 2. The van der Waals surface area contributed by atoms with E-state index < -0.39 is 5.92 Å². The summed E-state index contributed by atoms with van der Waals surface area (Å²) in [7, 11) is 1.63. The highest BCUT2D eigenvalue weighted by Crippen LogP contribution is 2.27. The first-order valence-electron chi connectivity index (χ1n) is 9.86. The van der Waals surface area contributed by atoms with E-state index in [9.17, 15) is 9.59 Å². The maximum absolute atomic E-state index is 12.8. The molecule has 1 atom stereocenters. The highest BCUT2D eigenvalue weighted by Gasteiger charge is 2.37. The summed E-state index contributed by atoms with van der Waals surface area (Å²) in [5.41, 5.74) is 4.10. The third-order valence-corrected chi connectivity index (χ3v) is 5.25. The zero-order valence-corrected chi connectivity index (χ0v) is 17.2. The minimum Gasteiger partial charge on any atom is -0.491 e. The van der Waals surface area contributed by atoms with Gasteiger partial charge in [0.2, 0.25) is 11.8 Å². The van der Waals surface area contributed by atoms with Crippen LogP contribution in [0.1, 0.15) is 23.1 Å². The van der Waals surface area contributed by atoms with Gasteiger partial charge in [-0.3, -0.25) is 9.59 Å². The van der Waals surface area contributed by atoms with E-state index in [1.807, 2.05) is 56.3 Å². The number of benzene rings is 2. The first kappa shape index (κ1) is 20.9. The van der Waals surface area contributed by atoms with E-state index in [2.05, 4.69) is 5.32 Å². The van der Waals surface area contributed by atoms with Crippen molar-refractivity contribution >= 4 is 17.5 Å². The second-order valence-electron chi connectivity index (χ2n) is 7.31. The SMILES string of the molecule is COCCOc1cccc(CNC(=O)C2CCN(c3ccc(C)c(C)c3)C2=O)c1. The first-order valence-corrected chi connectivity index (χ1v) is 9.86. The second-order valence-corrected chi connectivity index (χ2v) is 7.31. The van der Waals surface area contributed by atoms with Crippen LogP contribution in [-0.2, 0) is 20.9 Å². The minimum absolute atomic E-state index is 0.137. The van der Waals surface area contributed by atoms with E-state index in [0.29, 0.717) is 32.7 Å². The smallest absolute Gasteiger partial charge is 0.239 e. The summed E-state index contributed by atoms with van der Waals surface area (Å²) in [6, 6.07) is 13.5. The molecule has 6 nitrogen and oxygen atoms in total. The molecule has 0 bridgehead atoms. The summed E-state index contributed by atoms with van der Waals surface area (Å²) in [5, 5.41) is 2.89. The number of anilines is 1. The fourth-order valence-corrected chi connectivity index (χ4v) is 3.37. The summed E-state index contributed by atoms with van der Waals surface area (Å²) < 4.78 is 10.6. The number of hydrogen-bond donors (Lipinski definition) is 1. The number of carbonyl (C=O) groups excluding carboxylic acids is 2. The van der Waals surface area contributed by atoms with Crippen LogP contribution >= 0.6 is 0 Å². The van der Waals surface area contributed by atoms with Crippen molar-refractivity contribution in [3.8, 4) is 5.75 Å². The number of ether oxygens (including phenoxy) is 2. The Morgan fingerprint density at radius 1 is 1.14 bits per heavy atom. The Morgan fingerprint density at radius 3 is 2.72 bits per heavy atom. The Balaban J connectivity index is 1.57. The molecular formula is C23H28N2O4. The van der Waals surface area contributed by atoms with Gasteiger partial charge in [-0.05, 0) is 61.2 Å². The van der Waals surface area contributed by atoms with E-state index in [1.54, 1.807) is 12.0 Å². The largest absolute Gasteiger partial charge is 0.491 e. The molecule has 0 saturated carbocycles. The Kier molecular flexibility index (Phi) is 6.88. The first-order chi connectivity index (χ1) is 14.0. The van der Waals surface area contributed by atoms with Crippen molar-refractivity contribution in [1.82, 2.24) is 5.32 Å². The molecular weight excluding hydrogens is 368 g/mol. The number of amides is 2. The van der Waals surface area contributed by atoms with Crippen molar-refractivity contribution in [2.75, 3.05) is 31.8 Å². The van der Waals surface area contributed by atoms with Crippen LogP contribution in [0.2, 0.25) is 0 Å². The zero-order chi connectivity index (χ0) is 20.8. The molecule has 0 spiro atoms. The van der Waals surface area contributed by atoms with E-state index in [0.717, 1.165) is 22.6 Å². The zero-order valence-electron chi connectivity index (χ0n) is 17.2. The summed E-state index contributed by atoms with van der Waals surface area (Å²) >= 11 is 0. The van der Waals surface area contributed by atoms with Crippen molar-refractivity contribution in [3.05, 3.63) is 59.2 Å². The summed E-state index contributed by atoms with van der Waals surface area (Å²) in [6.07, 6.45) is 0.526. The maximum atomic E-state index is 12.8. The Morgan fingerprint density at radius 2 is 1.97 bits per heavy atom. The molecule has 1 aliphatic heterocycles. The molecule has 0 aliphatic carbocycles. The monoisotopic (exact) mass is 396 g/mol. The van der Waals surface area contributed by atoms with Gasteiger partial charge in [0.25, 0.3) is 0 Å². The number of nitrogens with one attached hydrogen (secondary N) is 1. The molecule has 6 heteroatoms. The fraction of sp³-hybridized carbons (Fsp3) is 0.391. The maximum Gasteiger partial charge on any atom is 0.239 e. The highest BCUT2D eigenvalue weighted by molar-refractivity contribution is 6.09. The lowest BCUT2D eigenvalue weighted by Crippen LogP contribution is -2.36. The van der Waals surface area contributed by atoms with Gasteiger partial charge in [0, 0.05) is 25.9 Å². The number of hydrogen-bond acceptors (Lipinski definition) is 4. The predicted molar refractivity (Wildman–Crippen MR) is 112 cm³/mol. The molecule has 0 radical (unpaired) electrons. The second kappa shape index (κ2) is 9.56. The fourth-order valence-electron chi connectivity index (χ4n) is 3.37. The van der Waals surface area contributed by atoms with E-state index in [1.165, 1.54) is 5.56 Å². The van der Waals surface area contributed by atoms with Gasteiger partial charge in [-0.2, -0.15) is 0 Å². The van der Waals surface area contributed by atoms with Crippen LogP contribution in [-0.4, -0.2) is 38.7 Å². The standard InChI is InChI=1S/C23H28N2O4/c1-16-7-8-19(13-17(16)2)25-10-9-21(23(25)27)22(26)24-15-18-5-4-6-20(14-18)29-12-11-28-3/h4-8,13-14,21H,9-12,15H2,1-3H3,(H,24,26). The highest BCUT2D eigenvalue weighted by atomic mass is 16.5. The molecule has 154 valence electrons. The van der Waals surface area contributed by atoms with Crippen molar-refractivity contribution in [3.63, 3.8) is 0 Å². The van der Waals surface area contributed by atoms with Crippen molar-refractivity contribution in [2.24, 2.45) is 5.92 Å². The summed E-state index contributed by atoms with van der Waals surface area (Å²) in [6.45, 7) is 5.96. The van der Waals surface area contributed by atoms with Crippen molar-refractivity contribution in [1.29, 1.82) is 0 Å². The number of rotatable bonds is 8. The van der Waals surface area contributed by atoms with Gasteiger partial charge in [-0.15, -0.1) is 0 Å². The Labute approximate surface area is 171 Å². The predicted octanol–water partition coefficient (Wildman–Crippen LogP) is 3.00.